The molecule has 3 heteroatoms. The SMILES string of the molecule is CO[C@@H]1OC[C@@]2(C)CCC[C@]13[C@@H]1CC[C@H]4C[C@@]1(CC[C@@H]23)C[C@@]4(C)O. The van der Waals surface area contributed by atoms with Crippen LogP contribution in [-0.4, -0.2) is 30.7 Å². The monoisotopic (exact) mass is 334 g/mol. The molecule has 4 bridgehead atoms. The van der Waals surface area contributed by atoms with E-state index in [9.17, 15) is 5.11 Å². The van der Waals surface area contributed by atoms with Crippen molar-refractivity contribution in [2.24, 2.45) is 34.0 Å². The average molecular weight is 335 g/mol. The van der Waals surface area contributed by atoms with Gasteiger partial charge in [0.25, 0.3) is 0 Å². The van der Waals surface area contributed by atoms with Gasteiger partial charge in [-0.3, -0.25) is 0 Å². The Hall–Kier alpha value is -0.120. The van der Waals surface area contributed by atoms with Crippen molar-refractivity contribution in [1.29, 1.82) is 0 Å². The first kappa shape index (κ1) is 16.1. The molecule has 0 radical (unpaired) electrons. The Labute approximate surface area is 146 Å². The highest BCUT2D eigenvalue weighted by atomic mass is 16.7. The lowest BCUT2D eigenvalue weighted by atomic mass is 9.39. The first-order valence-corrected chi connectivity index (χ1v) is 10.2. The highest BCUT2D eigenvalue weighted by molar-refractivity contribution is 5.19. The van der Waals surface area contributed by atoms with Crippen LogP contribution in [0.1, 0.15) is 71.6 Å². The second-order valence-corrected chi connectivity index (χ2v) is 10.5. The Kier molecular flexibility index (Phi) is 3.20. The Bertz CT molecular complexity index is 545. The van der Waals surface area contributed by atoms with Crippen LogP contribution < -0.4 is 0 Å². The van der Waals surface area contributed by atoms with Gasteiger partial charge in [0.15, 0.2) is 6.29 Å². The third kappa shape index (κ3) is 1.75. The minimum atomic E-state index is -0.450. The molecule has 5 fully saturated rings. The van der Waals surface area contributed by atoms with Gasteiger partial charge in [-0.15, -0.1) is 0 Å². The zero-order valence-corrected chi connectivity index (χ0v) is 15.6. The van der Waals surface area contributed by atoms with E-state index in [1.54, 1.807) is 0 Å². The molecule has 136 valence electrons. The number of hydrogen-bond acceptors (Lipinski definition) is 3. The van der Waals surface area contributed by atoms with Gasteiger partial charge in [0, 0.05) is 12.5 Å². The molecular weight excluding hydrogens is 300 g/mol. The quantitative estimate of drug-likeness (QED) is 0.783. The van der Waals surface area contributed by atoms with Gasteiger partial charge < -0.3 is 14.6 Å². The first-order chi connectivity index (χ1) is 11.4. The van der Waals surface area contributed by atoms with Gasteiger partial charge in [-0.05, 0) is 86.9 Å². The smallest absolute Gasteiger partial charge is 0.163 e. The number of ether oxygens (including phenoxy) is 2. The number of rotatable bonds is 1. The predicted molar refractivity (Wildman–Crippen MR) is 92.4 cm³/mol. The largest absolute Gasteiger partial charge is 0.390 e. The molecule has 4 aliphatic carbocycles. The van der Waals surface area contributed by atoms with Crippen molar-refractivity contribution < 1.29 is 14.6 Å². The lowest BCUT2D eigenvalue weighted by Crippen LogP contribution is -2.67. The Balaban J connectivity index is 1.62. The molecule has 5 aliphatic rings. The number of hydrogen-bond donors (Lipinski definition) is 1. The summed E-state index contributed by atoms with van der Waals surface area (Å²) >= 11 is 0. The van der Waals surface area contributed by atoms with Crippen molar-refractivity contribution >= 4 is 0 Å². The summed E-state index contributed by atoms with van der Waals surface area (Å²) < 4.78 is 12.4. The molecule has 3 nitrogen and oxygen atoms in total. The van der Waals surface area contributed by atoms with E-state index in [1.165, 1.54) is 51.4 Å². The summed E-state index contributed by atoms with van der Waals surface area (Å²) in [7, 11) is 1.85. The maximum atomic E-state index is 11.0. The lowest BCUT2D eigenvalue weighted by Gasteiger charge is -2.69. The fourth-order valence-corrected chi connectivity index (χ4v) is 8.79. The Morgan fingerprint density at radius 3 is 2.67 bits per heavy atom. The summed E-state index contributed by atoms with van der Waals surface area (Å²) in [5.41, 5.74) is 0.434. The van der Waals surface area contributed by atoms with Gasteiger partial charge in [0.1, 0.15) is 0 Å². The molecule has 4 saturated carbocycles. The van der Waals surface area contributed by atoms with Gasteiger partial charge in [-0.25, -0.2) is 0 Å². The molecular formula is C21H34O3. The highest BCUT2D eigenvalue weighted by Crippen LogP contribution is 2.75. The van der Waals surface area contributed by atoms with Crippen molar-refractivity contribution in [3.05, 3.63) is 0 Å². The summed E-state index contributed by atoms with van der Waals surface area (Å²) in [4.78, 5) is 0. The summed E-state index contributed by atoms with van der Waals surface area (Å²) in [6.45, 7) is 5.46. The van der Waals surface area contributed by atoms with Crippen molar-refractivity contribution in [2.45, 2.75) is 83.5 Å². The zero-order chi connectivity index (χ0) is 16.8. The second-order valence-electron chi connectivity index (χ2n) is 10.5. The van der Waals surface area contributed by atoms with E-state index in [0.717, 1.165) is 18.9 Å². The first-order valence-electron chi connectivity index (χ1n) is 10.2. The van der Waals surface area contributed by atoms with Crippen LogP contribution in [0.25, 0.3) is 0 Å². The van der Waals surface area contributed by atoms with Crippen molar-refractivity contribution in [2.75, 3.05) is 13.7 Å². The van der Waals surface area contributed by atoms with Crippen LogP contribution in [0.4, 0.5) is 0 Å². The fraction of sp³-hybridized carbons (Fsp3) is 1.00. The van der Waals surface area contributed by atoms with Crippen LogP contribution in [0.3, 0.4) is 0 Å². The fourth-order valence-electron chi connectivity index (χ4n) is 8.79. The maximum absolute atomic E-state index is 11.0. The summed E-state index contributed by atoms with van der Waals surface area (Å²) in [6.07, 6.45) is 11.2. The van der Waals surface area contributed by atoms with Crippen molar-refractivity contribution in [3.63, 3.8) is 0 Å². The molecule has 8 atom stereocenters. The molecule has 1 N–H and O–H groups in total. The molecule has 0 aromatic rings. The zero-order valence-electron chi connectivity index (χ0n) is 15.6. The minimum Gasteiger partial charge on any atom is -0.390 e. The van der Waals surface area contributed by atoms with Gasteiger partial charge >= 0.3 is 0 Å². The molecule has 1 heterocycles. The number of methoxy groups -OCH3 is 1. The molecule has 1 saturated heterocycles. The molecule has 0 unspecified atom stereocenters. The normalized spacial score (nSPS) is 62.0. The summed E-state index contributed by atoms with van der Waals surface area (Å²) in [6, 6.07) is 0. The molecule has 1 spiro atoms. The minimum absolute atomic E-state index is 0.0276. The Morgan fingerprint density at radius 2 is 1.88 bits per heavy atom. The van der Waals surface area contributed by atoms with Crippen molar-refractivity contribution in [3.8, 4) is 0 Å². The van der Waals surface area contributed by atoms with Crippen LogP contribution in [0, 0.1) is 34.0 Å². The van der Waals surface area contributed by atoms with E-state index in [2.05, 4.69) is 13.8 Å². The molecule has 1 aliphatic heterocycles. The van der Waals surface area contributed by atoms with Gasteiger partial charge in [0.2, 0.25) is 0 Å². The van der Waals surface area contributed by atoms with E-state index >= 15 is 0 Å². The van der Waals surface area contributed by atoms with Crippen LogP contribution in [0.5, 0.6) is 0 Å². The molecule has 5 rings (SSSR count). The van der Waals surface area contributed by atoms with Crippen LogP contribution in [0.15, 0.2) is 0 Å². The Morgan fingerprint density at radius 1 is 1.04 bits per heavy atom. The van der Waals surface area contributed by atoms with Crippen LogP contribution >= 0.6 is 0 Å². The van der Waals surface area contributed by atoms with Gasteiger partial charge in [-0.1, -0.05) is 13.3 Å². The van der Waals surface area contributed by atoms with Gasteiger partial charge in [0.05, 0.1) is 12.2 Å². The third-order valence-corrected chi connectivity index (χ3v) is 9.43. The molecule has 24 heavy (non-hydrogen) atoms. The van der Waals surface area contributed by atoms with E-state index in [1.807, 2.05) is 7.11 Å². The maximum Gasteiger partial charge on any atom is 0.163 e. The summed E-state index contributed by atoms with van der Waals surface area (Å²) in [5, 5.41) is 11.0. The van der Waals surface area contributed by atoms with E-state index in [4.69, 9.17) is 9.47 Å². The van der Waals surface area contributed by atoms with Crippen LogP contribution in [-0.2, 0) is 9.47 Å². The topological polar surface area (TPSA) is 38.7 Å². The average Bonchev–Trinajstić information content (AvgIpc) is 2.71. The highest BCUT2D eigenvalue weighted by Gasteiger charge is 2.71. The van der Waals surface area contributed by atoms with Gasteiger partial charge in [-0.2, -0.15) is 0 Å². The molecule has 0 aromatic heterocycles. The molecule has 0 aromatic carbocycles. The lowest BCUT2D eigenvalue weighted by molar-refractivity contribution is -0.337. The van der Waals surface area contributed by atoms with Crippen molar-refractivity contribution in [1.82, 2.24) is 0 Å². The summed E-state index contributed by atoms with van der Waals surface area (Å²) in [5.74, 6) is 1.94. The number of aliphatic hydroxyl groups is 1. The van der Waals surface area contributed by atoms with Crippen LogP contribution in [0.2, 0.25) is 0 Å². The van der Waals surface area contributed by atoms with E-state index in [-0.39, 0.29) is 11.7 Å². The standard InChI is InChI=1S/C21H34O3/c1-18-8-4-9-21(17(23-3)24-13-18)15(18)7-10-20-11-14(5-6-16(20)21)19(2,22)12-20/h14-17,22H,4-13H2,1-3H3/t14-,15-,16+,17+,18+,19+,20-,21-/m0/s1. The van der Waals surface area contributed by atoms with E-state index in [0.29, 0.717) is 22.7 Å². The predicted octanol–water partition coefficient (Wildman–Crippen LogP) is 4.13. The molecule has 0 amide bonds. The second kappa shape index (κ2) is 4.78. The number of fused-ring (bicyclic) bond motifs is 1. The third-order valence-electron chi connectivity index (χ3n) is 9.43. The van der Waals surface area contributed by atoms with E-state index < -0.39 is 5.60 Å².